The van der Waals surface area contributed by atoms with E-state index in [2.05, 4.69) is 10.1 Å². The Balaban J connectivity index is 1.95. The molecule has 1 unspecified atom stereocenters. The molecule has 0 radical (unpaired) electrons. The third kappa shape index (κ3) is 4.30. The summed E-state index contributed by atoms with van der Waals surface area (Å²) >= 11 is 0. The molecule has 0 saturated carbocycles. The van der Waals surface area contributed by atoms with Crippen LogP contribution in [0.4, 0.5) is 19.3 Å². The maximum atomic E-state index is 12.3. The van der Waals surface area contributed by atoms with Crippen molar-refractivity contribution in [1.82, 2.24) is 4.90 Å². The molecule has 7 heteroatoms. The first-order valence-electron chi connectivity index (χ1n) is 7.25. The number of hydrogen-bond acceptors (Lipinski definition) is 3. The number of urea groups is 1. The number of benzene rings is 1. The lowest BCUT2D eigenvalue weighted by Crippen LogP contribution is -2.42. The molecular weight excluding hydrogens is 294 g/mol. The molecule has 22 heavy (non-hydrogen) atoms. The van der Waals surface area contributed by atoms with Gasteiger partial charge in [-0.2, -0.15) is 8.78 Å². The monoisotopic (exact) mass is 314 g/mol. The summed E-state index contributed by atoms with van der Waals surface area (Å²) in [4.78, 5) is 13.8. The highest BCUT2D eigenvalue weighted by molar-refractivity contribution is 5.91. The number of rotatable bonds is 4. The minimum atomic E-state index is -2.94. The first kappa shape index (κ1) is 16.5. The molecule has 0 bridgehead atoms. The number of halogens is 2. The maximum absolute atomic E-state index is 12.3. The Morgan fingerprint density at radius 2 is 2.00 bits per heavy atom. The fourth-order valence-electron chi connectivity index (χ4n) is 2.55. The van der Waals surface area contributed by atoms with Crippen LogP contribution in [0.25, 0.3) is 0 Å². The summed E-state index contributed by atoms with van der Waals surface area (Å²) in [5.41, 5.74) is 0.213. The summed E-state index contributed by atoms with van der Waals surface area (Å²) < 4.78 is 29.1. The SMILES string of the molecule is CC(O)C1CCN(C(=O)Nc2ccccc2OC(F)F)CC1. The Hall–Kier alpha value is -1.89. The average Bonchev–Trinajstić information content (AvgIpc) is 2.48. The number of aliphatic hydroxyl groups excluding tert-OH is 1. The normalized spacial score (nSPS) is 17.4. The molecule has 1 aliphatic heterocycles. The second-order valence-corrected chi connectivity index (χ2v) is 5.37. The van der Waals surface area contributed by atoms with Crippen molar-refractivity contribution in [2.75, 3.05) is 18.4 Å². The molecule has 1 atom stereocenters. The van der Waals surface area contributed by atoms with E-state index in [4.69, 9.17) is 0 Å². The van der Waals surface area contributed by atoms with E-state index in [0.29, 0.717) is 13.1 Å². The third-order valence-electron chi connectivity index (χ3n) is 3.85. The van der Waals surface area contributed by atoms with Gasteiger partial charge in [-0.1, -0.05) is 12.1 Å². The molecule has 1 aliphatic rings. The van der Waals surface area contributed by atoms with Crippen molar-refractivity contribution >= 4 is 11.7 Å². The zero-order chi connectivity index (χ0) is 16.1. The van der Waals surface area contributed by atoms with Crippen LogP contribution in [0.5, 0.6) is 5.75 Å². The lowest BCUT2D eigenvalue weighted by Gasteiger charge is -2.33. The number of aliphatic hydroxyl groups is 1. The van der Waals surface area contributed by atoms with Crippen LogP contribution in [0.1, 0.15) is 19.8 Å². The van der Waals surface area contributed by atoms with E-state index in [1.54, 1.807) is 24.0 Å². The molecule has 1 aromatic carbocycles. The van der Waals surface area contributed by atoms with Gasteiger partial charge in [-0.05, 0) is 37.8 Å². The fraction of sp³-hybridized carbons (Fsp3) is 0.533. The molecule has 1 aromatic rings. The highest BCUT2D eigenvalue weighted by Crippen LogP contribution is 2.27. The number of nitrogens with zero attached hydrogens (tertiary/aromatic N) is 1. The first-order valence-corrected chi connectivity index (χ1v) is 7.25. The Bertz CT molecular complexity index is 503. The highest BCUT2D eigenvalue weighted by Gasteiger charge is 2.25. The van der Waals surface area contributed by atoms with Crippen molar-refractivity contribution in [2.45, 2.75) is 32.5 Å². The summed E-state index contributed by atoms with van der Waals surface area (Å²) in [5, 5.41) is 12.1. The Morgan fingerprint density at radius 3 is 2.59 bits per heavy atom. The predicted octanol–water partition coefficient (Wildman–Crippen LogP) is 2.91. The van der Waals surface area contributed by atoms with Gasteiger partial charge in [0.2, 0.25) is 0 Å². The quantitative estimate of drug-likeness (QED) is 0.898. The minimum absolute atomic E-state index is 0.0651. The number of likely N-dealkylation sites (tertiary alicyclic amines) is 1. The van der Waals surface area contributed by atoms with Crippen LogP contribution in [0.3, 0.4) is 0 Å². The topological polar surface area (TPSA) is 61.8 Å². The average molecular weight is 314 g/mol. The molecule has 1 saturated heterocycles. The molecule has 1 heterocycles. The maximum Gasteiger partial charge on any atom is 0.387 e. The standard InChI is InChI=1S/C15H20F2N2O3/c1-10(20)11-6-8-19(9-7-11)15(21)18-12-4-2-3-5-13(12)22-14(16)17/h2-5,10-11,14,20H,6-9H2,1H3,(H,18,21). The molecule has 122 valence electrons. The molecular formula is C15H20F2N2O3. The van der Waals surface area contributed by atoms with Crippen molar-refractivity contribution in [1.29, 1.82) is 0 Å². The van der Waals surface area contributed by atoms with Gasteiger partial charge in [0.05, 0.1) is 11.8 Å². The zero-order valence-electron chi connectivity index (χ0n) is 12.3. The van der Waals surface area contributed by atoms with Gasteiger partial charge in [0.15, 0.2) is 0 Å². The van der Waals surface area contributed by atoms with Crippen LogP contribution in [0, 0.1) is 5.92 Å². The molecule has 0 aliphatic carbocycles. The van der Waals surface area contributed by atoms with Gasteiger partial charge in [-0.15, -0.1) is 0 Å². The Morgan fingerprint density at radius 1 is 1.36 bits per heavy atom. The lowest BCUT2D eigenvalue weighted by atomic mass is 9.92. The summed E-state index contributed by atoms with van der Waals surface area (Å²) in [6.45, 7) is -0.142. The number of anilines is 1. The van der Waals surface area contributed by atoms with Crippen molar-refractivity contribution in [2.24, 2.45) is 5.92 Å². The van der Waals surface area contributed by atoms with Crippen LogP contribution in [-0.2, 0) is 0 Å². The van der Waals surface area contributed by atoms with Gasteiger partial charge in [-0.25, -0.2) is 4.79 Å². The van der Waals surface area contributed by atoms with Gasteiger partial charge in [0.1, 0.15) is 5.75 Å². The van der Waals surface area contributed by atoms with Gasteiger partial charge in [-0.3, -0.25) is 0 Å². The van der Waals surface area contributed by atoms with Crippen LogP contribution in [0.2, 0.25) is 0 Å². The van der Waals surface area contributed by atoms with E-state index in [-0.39, 0.29) is 29.5 Å². The molecule has 5 nitrogen and oxygen atoms in total. The summed E-state index contributed by atoms with van der Waals surface area (Å²) in [6.07, 6.45) is 1.06. The molecule has 2 rings (SSSR count). The third-order valence-corrected chi connectivity index (χ3v) is 3.85. The van der Waals surface area contributed by atoms with E-state index >= 15 is 0 Å². The van der Waals surface area contributed by atoms with E-state index in [1.807, 2.05) is 0 Å². The van der Waals surface area contributed by atoms with Crippen LogP contribution in [0.15, 0.2) is 24.3 Å². The van der Waals surface area contributed by atoms with Gasteiger partial charge in [0, 0.05) is 13.1 Å². The summed E-state index contributed by atoms with van der Waals surface area (Å²) in [5.74, 6) is 0.128. The number of hydrogen-bond donors (Lipinski definition) is 2. The summed E-state index contributed by atoms with van der Waals surface area (Å²) in [6, 6.07) is 5.73. The Kier molecular flexibility index (Phi) is 5.54. The van der Waals surface area contributed by atoms with Gasteiger partial charge in [0.25, 0.3) is 0 Å². The number of carbonyl (C=O) groups excluding carboxylic acids is 1. The predicted molar refractivity (Wildman–Crippen MR) is 78.1 cm³/mol. The lowest BCUT2D eigenvalue weighted by molar-refractivity contribution is -0.0493. The van der Waals surface area contributed by atoms with Gasteiger partial charge >= 0.3 is 12.6 Å². The number of piperidine rings is 1. The number of carbonyl (C=O) groups is 1. The number of para-hydroxylation sites is 2. The largest absolute Gasteiger partial charge is 0.433 e. The second kappa shape index (κ2) is 7.40. The molecule has 0 aromatic heterocycles. The number of nitrogens with one attached hydrogen (secondary N) is 1. The molecule has 1 fully saturated rings. The van der Waals surface area contributed by atoms with E-state index in [9.17, 15) is 18.7 Å². The van der Waals surface area contributed by atoms with E-state index in [0.717, 1.165) is 12.8 Å². The minimum Gasteiger partial charge on any atom is -0.433 e. The van der Waals surface area contributed by atoms with Crippen molar-refractivity contribution in [3.63, 3.8) is 0 Å². The van der Waals surface area contributed by atoms with Crippen molar-refractivity contribution in [3.05, 3.63) is 24.3 Å². The molecule has 0 spiro atoms. The number of ether oxygens (including phenoxy) is 1. The number of amides is 2. The van der Waals surface area contributed by atoms with Crippen molar-refractivity contribution < 1.29 is 23.4 Å². The smallest absolute Gasteiger partial charge is 0.387 e. The Labute approximate surface area is 127 Å². The molecule has 2 amide bonds. The van der Waals surface area contributed by atoms with Crippen LogP contribution >= 0.6 is 0 Å². The zero-order valence-corrected chi connectivity index (χ0v) is 12.3. The van der Waals surface area contributed by atoms with Crippen LogP contribution in [-0.4, -0.2) is 41.8 Å². The summed E-state index contributed by atoms with van der Waals surface area (Å²) in [7, 11) is 0. The van der Waals surface area contributed by atoms with Gasteiger partial charge < -0.3 is 20.1 Å². The highest BCUT2D eigenvalue weighted by atomic mass is 19.3. The van der Waals surface area contributed by atoms with E-state index < -0.39 is 6.61 Å². The second-order valence-electron chi connectivity index (χ2n) is 5.37. The van der Waals surface area contributed by atoms with Crippen molar-refractivity contribution in [3.8, 4) is 5.75 Å². The van der Waals surface area contributed by atoms with Crippen LogP contribution < -0.4 is 10.1 Å². The first-order chi connectivity index (χ1) is 10.5. The molecule has 2 N–H and O–H groups in total. The van der Waals surface area contributed by atoms with E-state index in [1.165, 1.54) is 12.1 Å². The fourth-order valence-corrected chi connectivity index (χ4v) is 2.55. The number of alkyl halides is 2.